The molecule has 0 radical (unpaired) electrons. The molecule has 2 rings (SSSR count). The molecular weight excluding hydrogens is 194 g/mol. The van der Waals surface area contributed by atoms with Crippen LogP contribution in [0.4, 0.5) is 0 Å². The van der Waals surface area contributed by atoms with Crippen LogP contribution in [0.2, 0.25) is 0 Å². The Balaban J connectivity index is 2.50. The number of aromatic nitrogens is 3. The lowest BCUT2D eigenvalue weighted by Gasteiger charge is -1.99. The summed E-state index contributed by atoms with van der Waals surface area (Å²) in [5.41, 5.74) is 1.70. The van der Waals surface area contributed by atoms with Crippen molar-refractivity contribution in [1.29, 1.82) is 0 Å². The molecule has 1 N–H and O–H groups in total. The third kappa shape index (κ3) is 1.71. The van der Waals surface area contributed by atoms with Crippen molar-refractivity contribution in [3.63, 3.8) is 0 Å². The second-order valence-corrected chi connectivity index (χ2v) is 3.08. The molecule has 2 heterocycles. The molecular formula is C10H9N3O2. The van der Waals surface area contributed by atoms with Crippen molar-refractivity contribution in [2.24, 2.45) is 7.05 Å². The van der Waals surface area contributed by atoms with Crippen LogP contribution in [0, 0.1) is 0 Å². The van der Waals surface area contributed by atoms with Crippen molar-refractivity contribution in [1.82, 2.24) is 14.8 Å². The quantitative estimate of drug-likeness (QED) is 0.795. The number of rotatable bonds is 2. The fraction of sp³-hybridized carbons (Fsp3) is 0.100. The van der Waals surface area contributed by atoms with Crippen molar-refractivity contribution < 1.29 is 9.90 Å². The van der Waals surface area contributed by atoms with Crippen LogP contribution in [0.3, 0.4) is 0 Å². The number of pyridine rings is 1. The Kier molecular flexibility index (Phi) is 2.21. The molecule has 5 heteroatoms. The first-order chi connectivity index (χ1) is 7.18. The van der Waals surface area contributed by atoms with Crippen molar-refractivity contribution in [3.05, 3.63) is 36.3 Å². The number of nitrogens with zero attached hydrogens (tertiary/aromatic N) is 3. The lowest BCUT2D eigenvalue weighted by Crippen LogP contribution is -1.99. The molecule has 0 aliphatic heterocycles. The highest BCUT2D eigenvalue weighted by molar-refractivity contribution is 5.86. The molecule has 0 unspecified atom stereocenters. The highest BCUT2D eigenvalue weighted by Gasteiger charge is 2.11. The molecule has 0 spiro atoms. The Morgan fingerprint density at radius 1 is 1.40 bits per heavy atom. The van der Waals surface area contributed by atoms with E-state index >= 15 is 0 Å². The smallest absolute Gasteiger partial charge is 0.356 e. The maximum absolute atomic E-state index is 10.7. The number of aryl methyl sites for hydroxylation is 1. The molecule has 15 heavy (non-hydrogen) atoms. The molecule has 0 saturated heterocycles. The van der Waals surface area contributed by atoms with E-state index in [0.717, 1.165) is 11.3 Å². The van der Waals surface area contributed by atoms with Gasteiger partial charge in [0.15, 0.2) is 5.69 Å². The molecule has 0 bridgehead atoms. The Morgan fingerprint density at radius 3 is 2.60 bits per heavy atom. The summed E-state index contributed by atoms with van der Waals surface area (Å²) in [5, 5.41) is 12.7. The van der Waals surface area contributed by atoms with Gasteiger partial charge in [-0.2, -0.15) is 5.10 Å². The molecule has 76 valence electrons. The number of carboxylic acid groups (broad SMARTS) is 1. The summed E-state index contributed by atoms with van der Waals surface area (Å²) in [6.07, 6.45) is 3.31. The minimum Gasteiger partial charge on any atom is -0.476 e. The maximum Gasteiger partial charge on any atom is 0.356 e. The van der Waals surface area contributed by atoms with Crippen LogP contribution in [0.5, 0.6) is 0 Å². The van der Waals surface area contributed by atoms with Crippen LogP contribution in [-0.4, -0.2) is 25.8 Å². The highest BCUT2D eigenvalue weighted by Crippen LogP contribution is 2.18. The van der Waals surface area contributed by atoms with Gasteiger partial charge in [0.2, 0.25) is 0 Å². The van der Waals surface area contributed by atoms with Gasteiger partial charge in [0.25, 0.3) is 0 Å². The summed E-state index contributed by atoms with van der Waals surface area (Å²) in [6.45, 7) is 0. The number of hydrogen-bond donors (Lipinski definition) is 1. The molecule has 0 saturated carbocycles. The minimum absolute atomic E-state index is 0.0457. The average Bonchev–Trinajstić information content (AvgIpc) is 2.62. The summed E-state index contributed by atoms with van der Waals surface area (Å²) >= 11 is 0. The van der Waals surface area contributed by atoms with Gasteiger partial charge in [-0.1, -0.05) is 0 Å². The van der Waals surface area contributed by atoms with Crippen LogP contribution in [-0.2, 0) is 7.05 Å². The zero-order chi connectivity index (χ0) is 10.8. The third-order valence-corrected chi connectivity index (χ3v) is 2.08. The average molecular weight is 203 g/mol. The van der Waals surface area contributed by atoms with Gasteiger partial charge < -0.3 is 5.11 Å². The summed E-state index contributed by atoms with van der Waals surface area (Å²) < 4.78 is 1.54. The van der Waals surface area contributed by atoms with Crippen molar-refractivity contribution in [3.8, 4) is 11.3 Å². The second-order valence-electron chi connectivity index (χ2n) is 3.08. The zero-order valence-electron chi connectivity index (χ0n) is 8.08. The minimum atomic E-state index is -1.02. The predicted octanol–water partition coefficient (Wildman–Crippen LogP) is 1.18. The van der Waals surface area contributed by atoms with Crippen LogP contribution in [0.15, 0.2) is 30.6 Å². The molecule has 2 aromatic rings. The topological polar surface area (TPSA) is 68.0 Å². The van der Waals surface area contributed by atoms with E-state index in [1.165, 1.54) is 6.07 Å². The Hall–Kier alpha value is -2.17. The Labute approximate surface area is 86.0 Å². The highest BCUT2D eigenvalue weighted by atomic mass is 16.4. The van der Waals surface area contributed by atoms with E-state index in [0.29, 0.717) is 0 Å². The molecule has 0 aromatic carbocycles. The number of aromatic carboxylic acids is 1. The SMILES string of the molecule is Cn1nc(C(=O)O)cc1-c1ccncc1. The van der Waals surface area contributed by atoms with Gasteiger partial charge in [0, 0.05) is 25.0 Å². The van der Waals surface area contributed by atoms with Gasteiger partial charge in [0.1, 0.15) is 0 Å². The first kappa shape index (κ1) is 9.39. The third-order valence-electron chi connectivity index (χ3n) is 2.08. The van der Waals surface area contributed by atoms with Crippen LogP contribution < -0.4 is 0 Å². The molecule has 0 aliphatic rings. The van der Waals surface area contributed by atoms with Crippen molar-refractivity contribution in [2.75, 3.05) is 0 Å². The maximum atomic E-state index is 10.7. The van der Waals surface area contributed by atoms with E-state index in [4.69, 9.17) is 5.11 Å². The Morgan fingerprint density at radius 2 is 2.07 bits per heavy atom. The zero-order valence-corrected chi connectivity index (χ0v) is 8.08. The lowest BCUT2D eigenvalue weighted by molar-refractivity contribution is 0.0689. The van der Waals surface area contributed by atoms with E-state index in [-0.39, 0.29) is 5.69 Å². The largest absolute Gasteiger partial charge is 0.476 e. The normalized spacial score (nSPS) is 10.2. The van der Waals surface area contributed by atoms with Gasteiger partial charge in [0.05, 0.1) is 5.69 Å². The van der Waals surface area contributed by atoms with Gasteiger partial charge in [-0.3, -0.25) is 9.67 Å². The van der Waals surface area contributed by atoms with E-state index < -0.39 is 5.97 Å². The lowest BCUT2D eigenvalue weighted by atomic mass is 10.2. The summed E-state index contributed by atoms with van der Waals surface area (Å²) in [6, 6.07) is 5.16. The molecule has 2 aromatic heterocycles. The van der Waals surface area contributed by atoms with Gasteiger partial charge in [-0.15, -0.1) is 0 Å². The summed E-state index contributed by atoms with van der Waals surface area (Å²) in [7, 11) is 1.71. The van der Waals surface area contributed by atoms with Gasteiger partial charge in [-0.25, -0.2) is 4.79 Å². The summed E-state index contributed by atoms with van der Waals surface area (Å²) in [5.74, 6) is -1.02. The second kappa shape index (κ2) is 3.53. The van der Waals surface area contributed by atoms with Gasteiger partial charge in [-0.05, 0) is 18.2 Å². The number of carboxylic acids is 1. The molecule has 0 aliphatic carbocycles. The number of carbonyl (C=O) groups is 1. The molecule has 5 nitrogen and oxygen atoms in total. The van der Waals surface area contributed by atoms with E-state index in [1.54, 1.807) is 24.1 Å². The Bertz CT molecular complexity index is 491. The predicted molar refractivity (Wildman–Crippen MR) is 53.4 cm³/mol. The van der Waals surface area contributed by atoms with E-state index in [1.807, 2.05) is 12.1 Å². The first-order valence-electron chi connectivity index (χ1n) is 4.36. The fourth-order valence-corrected chi connectivity index (χ4v) is 1.36. The van der Waals surface area contributed by atoms with Crippen LogP contribution in [0.1, 0.15) is 10.5 Å². The fourth-order valence-electron chi connectivity index (χ4n) is 1.36. The van der Waals surface area contributed by atoms with E-state index in [2.05, 4.69) is 10.1 Å². The van der Waals surface area contributed by atoms with E-state index in [9.17, 15) is 4.79 Å². The van der Waals surface area contributed by atoms with Crippen molar-refractivity contribution in [2.45, 2.75) is 0 Å². The molecule has 0 atom stereocenters. The standard InChI is InChI=1S/C10H9N3O2/c1-13-9(6-8(12-13)10(14)15)7-2-4-11-5-3-7/h2-6H,1H3,(H,14,15). The number of hydrogen-bond acceptors (Lipinski definition) is 3. The molecule has 0 amide bonds. The van der Waals surface area contributed by atoms with Crippen molar-refractivity contribution >= 4 is 5.97 Å². The summed E-state index contributed by atoms with van der Waals surface area (Å²) in [4.78, 5) is 14.6. The van der Waals surface area contributed by atoms with Gasteiger partial charge >= 0.3 is 5.97 Å². The van der Waals surface area contributed by atoms with Crippen LogP contribution in [0.25, 0.3) is 11.3 Å². The van der Waals surface area contributed by atoms with Crippen LogP contribution >= 0.6 is 0 Å². The monoisotopic (exact) mass is 203 g/mol. The first-order valence-corrected chi connectivity index (χ1v) is 4.36. The molecule has 0 fully saturated rings.